The smallest absolute Gasteiger partial charge is 0.244 e. The Hall–Kier alpha value is -2.24. The molecule has 3 heterocycles. The van der Waals surface area contributed by atoms with Gasteiger partial charge in [-0.1, -0.05) is 20.8 Å². The van der Waals surface area contributed by atoms with Crippen LogP contribution in [0.2, 0.25) is 0 Å². The molecule has 3 rings (SSSR count). The van der Waals surface area contributed by atoms with E-state index in [9.17, 15) is 0 Å². The minimum Gasteiger partial charge on any atom is -0.475 e. The predicted octanol–water partition coefficient (Wildman–Crippen LogP) is 1.46. The summed E-state index contributed by atoms with van der Waals surface area (Å²) in [7, 11) is 0. The normalized spacial score (nSPS) is 16.1. The molecular formula is C17H24N6O2. The van der Waals surface area contributed by atoms with Crippen molar-refractivity contribution in [2.24, 2.45) is 5.41 Å². The molecule has 0 bridgehead atoms. The first-order valence-electron chi connectivity index (χ1n) is 8.53. The molecule has 1 aliphatic rings. The van der Waals surface area contributed by atoms with E-state index < -0.39 is 0 Å². The van der Waals surface area contributed by atoms with Crippen LogP contribution >= 0.6 is 0 Å². The van der Waals surface area contributed by atoms with E-state index >= 15 is 0 Å². The lowest BCUT2D eigenvalue weighted by molar-refractivity contribution is 0.0320. The molecule has 0 aliphatic carbocycles. The van der Waals surface area contributed by atoms with Crippen LogP contribution in [0.5, 0.6) is 5.88 Å². The van der Waals surface area contributed by atoms with E-state index in [4.69, 9.17) is 14.7 Å². The van der Waals surface area contributed by atoms with Crippen molar-refractivity contribution in [2.75, 3.05) is 39.5 Å². The molecule has 1 saturated heterocycles. The van der Waals surface area contributed by atoms with Crippen molar-refractivity contribution in [2.45, 2.75) is 27.3 Å². The molecule has 1 fully saturated rings. The summed E-state index contributed by atoms with van der Waals surface area (Å²) in [6.07, 6.45) is 1.62. The Bertz CT molecular complexity index is 768. The number of fused-ring (bicyclic) bond motifs is 1. The van der Waals surface area contributed by atoms with E-state index in [2.05, 4.69) is 40.7 Å². The lowest BCUT2D eigenvalue weighted by Crippen LogP contribution is -2.38. The van der Waals surface area contributed by atoms with Gasteiger partial charge >= 0.3 is 0 Å². The van der Waals surface area contributed by atoms with E-state index in [0.717, 1.165) is 38.2 Å². The maximum absolute atomic E-state index is 9.06. The Balaban J connectivity index is 1.78. The third kappa shape index (κ3) is 4.44. The molecule has 0 saturated carbocycles. The minimum atomic E-state index is 0.0295. The van der Waals surface area contributed by atoms with Crippen LogP contribution in [0.4, 0.5) is 0 Å². The highest BCUT2D eigenvalue weighted by molar-refractivity contribution is 5.80. The van der Waals surface area contributed by atoms with Gasteiger partial charge in [-0.25, -0.2) is 9.67 Å². The highest BCUT2D eigenvalue weighted by atomic mass is 16.5. The fourth-order valence-corrected chi connectivity index (χ4v) is 2.75. The maximum Gasteiger partial charge on any atom is 0.244 e. The summed E-state index contributed by atoms with van der Waals surface area (Å²) in [5.74, 6) is 0.666. The molecule has 25 heavy (non-hydrogen) atoms. The van der Waals surface area contributed by atoms with Gasteiger partial charge in [-0.2, -0.15) is 10.2 Å². The topological polar surface area (TPSA) is 89.1 Å². The number of hydrogen-bond acceptors (Lipinski definition) is 7. The molecule has 0 N–H and O–H groups in total. The zero-order valence-corrected chi connectivity index (χ0v) is 15.0. The van der Waals surface area contributed by atoms with E-state index in [1.54, 1.807) is 6.20 Å². The summed E-state index contributed by atoms with van der Waals surface area (Å²) < 4.78 is 13.1. The molecular weight excluding hydrogens is 320 g/mol. The molecule has 2 aromatic rings. The third-order valence-corrected chi connectivity index (χ3v) is 3.93. The van der Waals surface area contributed by atoms with Crippen LogP contribution in [0, 0.1) is 16.7 Å². The SMILES string of the molecule is CC(C)(C)Cn1nc(OCCN2CCOCC2)c2cnc(C#N)nc21. The first-order chi connectivity index (χ1) is 12.0. The van der Waals surface area contributed by atoms with Crippen LogP contribution < -0.4 is 4.74 Å². The summed E-state index contributed by atoms with van der Waals surface area (Å²) >= 11 is 0. The van der Waals surface area contributed by atoms with Gasteiger partial charge in [-0.15, -0.1) is 5.10 Å². The first kappa shape index (κ1) is 17.6. The van der Waals surface area contributed by atoms with Crippen molar-refractivity contribution in [3.63, 3.8) is 0 Å². The standard InChI is InChI=1S/C17H24N6O2/c1-17(2,3)12-23-15-13(11-19-14(10-18)20-15)16(21-23)25-9-6-22-4-7-24-8-5-22/h11H,4-9,12H2,1-3H3. The Labute approximate surface area is 147 Å². The van der Waals surface area contributed by atoms with Crippen LogP contribution in [0.1, 0.15) is 26.6 Å². The van der Waals surface area contributed by atoms with Gasteiger partial charge in [-0.05, 0) is 5.41 Å². The molecule has 0 spiro atoms. The van der Waals surface area contributed by atoms with E-state index in [1.807, 2.05) is 10.8 Å². The van der Waals surface area contributed by atoms with Gasteiger partial charge in [0.25, 0.3) is 0 Å². The Morgan fingerprint density at radius 1 is 1.32 bits per heavy atom. The van der Waals surface area contributed by atoms with E-state index in [-0.39, 0.29) is 11.2 Å². The molecule has 1 aliphatic heterocycles. The molecule has 8 heteroatoms. The van der Waals surface area contributed by atoms with Gasteiger partial charge < -0.3 is 9.47 Å². The summed E-state index contributed by atoms with van der Waals surface area (Å²) in [6.45, 7) is 11.8. The van der Waals surface area contributed by atoms with E-state index in [0.29, 0.717) is 24.7 Å². The molecule has 0 amide bonds. The van der Waals surface area contributed by atoms with Crippen molar-refractivity contribution in [3.8, 4) is 11.9 Å². The van der Waals surface area contributed by atoms with Gasteiger partial charge in [0.15, 0.2) is 5.65 Å². The number of nitriles is 1. The fraction of sp³-hybridized carbons (Fsp3) is 0.647. The highest BCUT2D eigenvalue weighted by Crippen LogP contribution is 2.26. The molecule has 0 aromatic carbocycles. The molecule has 8 nitrogen and oxygen atoms in total. The van der Waals surface area contributed by atoms with Gasteiger partial charge in [0.2, 0.25) is 11.7 Å². The number of rotatable bonds is 5. The largest absolute Gasteiger partial charge is 0.475 e. The lowest BCUT2D eigenvalue weighted by Gasteiger charge is -2.26. The lowest BCUT2D eigenvalue weighted by atomic mass is 9.97. The average molecular weight is 344 g/mol. The van der Waals surface area contributed by atoms with Crippen LogP contribution in [-0.4, -0.2) is 64.1 Å². The van der Waals surface area contributed by atoms with Crippen LogP contribution in [0.3, 0.4) is 0 Å². The zero-order chi connectivity index (χ0) is 17.9. The summed E-state index contributed by atoms with van der Waals surface area (Å²) in [5.41, 5.74) is 0.671. The molecule has 2 aromatic heterocycles. The van der Waals surface area contributed by atoms with Crippen molar-refractivity contribution in [1.29, 1.82) is 5.26 Å². The van der Waals surface area contributed by atoms with Crippen molar-refractivity contribution >= 4 is 11.0 Å². The van der Waals surface area contributed by atoms with Crippen LogP contribution in [-0.2, 0) is 11.3 Å². The van der Waals surface area contributed by atoms with Crippen LogP contribution in [0.25, 0.3) is 11.0 Å². The quantitative estimate of drug-likeness (QED) is 0.811. The minimum absolute atomic E-state index is 0.0295. The Morgan fingerprint density at radius 2 is 2.08 bits per heavy atom. The number of morpholine rings is 1. The van der Waals surface area contributed by atoms with Crippen molar-refractivity contribution in [3.05, 3.63) is 12.0 Å². The second-order valence-electron chi connectivity index (χ2n) is 7.37. The van der Waals surface area contributed by atoms with Gasteiger partial charge in [0, 0.05) is 32.4 Å². The molecule has 0 radical (unpaired) electrons. The number of hydrogen-bond donors (Lipinski definition) is 0. The summed E-state index contributed by atoms with van der Waals surface area (Å²) in [4.78, 5) is 10.7. The number of ether oxygens (including phenoxy) is 2. The average Bonchev–Trinajstić information content (AvgIpc) is 2.91. The van der Waals surface area contributed by atoms with Crippen molar-refractivity contribution < 1.29 is 9.47 Å². The maximum atomic E-state index is 9.06. The highest BCUT2D eigenvalue weighted by Gasteiger charge is 2.20. The molecule has 0 unspecified atom stereocenters. The third-order valence-electron chi connectivity index (χ3n) is 3.93. The Kier molecular flexibility index (Phi) is 5.16. The second kappa shape index (κ2) is 7.33. The summed E-state index contributed by atoms with van der Waals surface area (Å²) in [5, 5.41) is 14.4. The number of nitrogens with zero attached hydrogens (tertiary/aromatic N) is 6. The van der Waals surface area contributed by atoms with Gasteiger partial charge in [0.1, 0.15) is 18.1 Å². The predicted molar refractivity (Wildman–Crippen MR) is 92.2 cm³/mol. The second-order valence-corrected chi connectivity index (χ2v) is 7.37. The summed E-state index contributed by atoms with van der Waals surface area (Å²) in [6, 6.07) is 1.98. The fourth-order valence-electron chi connectivity index (χ4n) is 2.75. The molecule has 134 valence electrons. The Morgan fingerprint density at radius 3 is 2.76 bits per heavy atom. The van der Waals surface area contributed by atoms with Crippen LogP contribution in [0.15, 0.2) is 6.20 Å². The monoisotopic (exact) mass is 344 g/mol. The zero-order valence-electron chi connectivity index (χ0n) is 15.0. The number of aromatic nitrogens is 4. The van der Waals surface area contributed by atoms with Gasteiger partial charge in [0.05, 0.1) is 13.2 Å². The van der Waals surface area contributed by atoms with E-state index in [1.165, 1.54) is 0 Å². The van der Waals surface area contributed by atoms with Crippen molar-refractivity contribution in [1.82, 2.24) is 24.6 Å². The van der Waals surface area contributed by atoms with Gasteiger partial charge in [-0.3, -0.25) is 4.90 Å². The first-order valence-corrected chi connectivity index (χ1v) is 8.53. The molecule has 0 atom stereocenters.